The van der Waals surface area contributed by atoms with E-state index < -0.39 is 11.7 Å². The van der Waals surface area contributed by atoms with E-state index in [1.54, 1.807) is 0 Å². The summed E-state index contributed by atoms with van der Waals surface area (Å²) in [4.78, 5) is 2.14. The van der Waals surface area contributed by atoms with Crippen LogP contribution in [0, 0.1) is 0 Å². The van der Waals surface area contributed by atoms with Gasteiger partial charge in [-0.15, -0.1) is 0 Å². The molecule has 1 heterocycles. The summed E-state index contributed by atoms with van der Waals surface area (Å²) in [6.07, 6.45) is -2.57. The van der Waals surface area contributed by atoms with Crippen molar-refractivity contribution in [2.75, 3.05) is 0 Å². The molecule has 1 aliphatic rings. The van der Waals surface area contributed by atoms with Crippen molar-refractivity contribution in [1.82, 2.24) is 10.2 Å². The first-order valence-electron chi connectivity index (χ1n) is 7.36. The second kappa shape index (κ2) is 5.99. The van der Waals surface area contributed by atoms with Gasteiger partial charge in [0.25, 0.3) is 0 Å². The molecule has 0 aromatic heterocycles. The summed E-state index contributed by atoms with van der Waals surface area (Å²) < 4.78 is 38.1. The van der Waals surface area contributed by atoms with Crippen molar-refractivity contribution in [3.8, 4) is 0 Å². The van der Waals surface area contributed by atoms with Gasteiger partial charge in [-0.1, -0.05) is 42.5 Å². The Labute approximate surface area is 133 Å². The summed E-state index contributed by atoms with van der Waals surface area (Å²) in [5.74, 6) is 0. The minimum absolute atomic E-state index is 0.155. The second-order valence-electron chi connectivity index (χ2n) is 5.59. The van der Waals surface area contributed by atoms with Crippen LogP contribution in [-0.2, 0) is 12.7 Å². The van der Waals surface area contributed by atoms with Crippen LogP contribution < -0.4 is 5.32 Å². The van der Waals surface area contributed by atoms with Gasteiger partial charge >= 0.3 is 6.18 Å². The third kappa shape index (κ3) is 3.33. The average Bonchev–Trinajstić information content (AvgIpc) is 2.89. The molecule has 0 bridgehead atoms. The quantitative estimate of drug-likeness (QED) is 0.884. The van der Waals surface area contributed by atoms with Gasteiger partial charge in [-0.25, -0.2) is 0 Å². The lowest BCUT2D eigenvalue weighted by molar-refractivity contribution is -0.137. The largest absolute Gasteiger partial charge is 0.416 e. The van der Waals surface area contributed by atoms with Crippen LogP contribution in [0.25, 0.3) is 0 Å². The molecule has 5 heteroatoms. The van der Waals surface area contributed by atoms with E-state index in [0.717, 1.165) is 29.0 Å². The van der Waals surface area contributed by atoms with E-state index >= 15 is 0 Å². The van der Waals surface area contributed by atoms with Gasteiger partial charge in [0.15, 0.2) is 0 Å². The zero-order chi connectivity index (χ0) is 16.4. The van der Waals surface area contributed by atoms with Crippen LogP contribution in [0.3, 0.4) is 0 Å². The summed E-state index contributed by atoms with van der Waals surface area (Å²) in [5.41, 5.74) is 2.39. The van der Waals surface area contributed by atoms with Crippen molar-refractivity contribution in [2.45, 2.75) is 25.8 Å². The number of benzene rings is 2. The van der Waals surface area contributed by atoms with Gasteiger partial charge in [-0.2, -0.15) is 13.2 Å². The third-order valence-corrected chi connectivity index (χ3v) is 3.96. The zero-order valence-corrected chi connectivity index (χ0v) is 12.6. The van der Waals surface area contributed by atoms with Gasteiger partial charge in [0.2, 0.25) is 0 Å². The Morgan fingerprint density at radius 1 is 1.00 bits per heavy atom. The first-order valence-corrected chi connectivity index (χ1v) is 7.36. The Hall–Kier alpha value is -2.43. The number of hydrogen-bond acceptors (Lipinski definition) is 2. The molecular weight excluding hydrogens is 301 g/mol. The Balaban J connectivity index is 1.81. The summed E-state index contributed by atoms with van der Waals surface area (Å²) >= 11 is 0. The lowest BCUT2D eigenvalue weighted by Crippen LogP contribution is -2.28. The molecule has 2 aromatic rings. The number of halogens is 3. The lowest BCUT2D eigenvalue weighted by atomic mass is 10.1. The fraction of sp³-hybridized carbons (Fsp3) is 0.222. The molecule has 0 aliphatic carbocycles. The summed E-state index contributed by atoms with van der Waals surface area (Å²) in [6.45, 7) is 2.68. The fourth-order valence-corrected chi connectivity index (χ4v) is 2.70. The third-order valence-electron chi connectivity index (χ3n) is 3.96. The van der Waals surface area contributed by atoms with Crippen molar-refractivity contribution < 1.29 is 13.2 Å². The summed E-state index contributed by atoms with van der Waals surface area (Å²) in [6, 6.07) is 15.3. The maximum atomic E-state index is 12.7. The molecule has 1 atom stereocenters. The van der Waals surface area contributed by atoms with Crippen LogP contribution >= 0.6 is 0 Å². The van der Waals surface area contributed by atoms with Gasteiger partial charge in [0, 0.05) is 18.4 Å². The molecular formula is C18H17F3N2. The number of allylic oxidation sites excluding steroid dienone is 1. The van der Waals surface area contributed by atoms with Crippen LogP contribution in [0.5, 0.6) is 0 Å². The minimum Gasteiger partial charge on any atom is -0.366 e. The van der Waals surface area contributed by atoms with Crippen LogP contribution in [0.2, 0.25) is 0 Å². The smallest absolute Gasteiger partial charge is 0.366 e. The Bertz CT molecular complexity index is 690. The van der Waals surface area contributed by atoms with E-state index in [0.29, 0.717) is 6.54 Å². The predicted molar refractivity (Wildman–Crippen MR) is 83.1 cm³/mol. The van der Waals surface area contributed by atoms with Crippen molar-refractivity contribution in [1.29, 1.82) is 0 Å². The van der Waals surface area contributed by atoms with Crippen LogP contribution in [0.15, 0.2) is 66.5 Å². The molecule has 0 saturated heterocycles. The first kappa shape index (κ1) is 15.5. The summed E-state index contributed by atoms with van der Waals surface area (Å²) in [5, 5.41) is 3.23. The highest BCUT2D eigenvalue weighted by Crippen LogP contribution is 2.33. The maximum Gasteiger partial charge on any atom is 0.416 e. The number of rotatable bonds is 3. The summed E-state index contributed by atoms with van der Waals surface area (Å²) in [7, 11) is 0. The van der Waals surface area contributed by atoms with Crippen LogP contribution in [0.1, 0.15) is 29.8 Å². The zero-order valence-electron chi connectivity index (χ0n) is 12.6. The van der Waals surface area contributed by atoms with E-state index in [9.17, 15) is 13.2 Å². The average molecular weight is 318 g/mol. The van der Waals surface area contributed by atoms with E-state index in [4.69, 9.17) is 0 Å². The standard InChI is InChI=1S/C18H17F3N2/c1-13-11-22-17(23(13)12-14-5-3-2-4-6-14)15-7-9-16(10-8-15)18(19,20)21/h2-11,17,22H,12H2,1H3. The van der Waals surface area contributed by atoms with Crippen molar-refractivity contribution in [2.24, 2.45) is 0 Å². The topological polar surface area (TPSA) is 15.3 Å². The molecule has 2 nitrogen and oxygen atoms in total. The number of hydrogen-bond donors (Lipinski definition) is 1. The van der Waals surface area contributed by atoms with E-state index in [1.165, 1.54) is 12.1 Å². The Kier molecular flexibility index (Phi) is 4.03. The maximum absolute atomic E-state index is 12.7. The molecule has 0 radical (unpaired) electrons. The van der Waals surface area contributed by atoms with Gasteiger partial charge in [0.05, 0.1) is 5.56 Å². The number of alkyl halides is 3. The fourth-order valence-electron chi connectivity index (χ4n) is 2.70. The highest BCUT2D eigenvalue weighted by atomic mass is 19.4. The molecule has 2 aromatic carbocycles. The molecule has 3 rings (SSSR count). The van der Waals surface area contributed by atoms with Gasteiger partial charge in [-0.05, 0) is 30.2 Å². The van der Waals surface area contributed by atoms with E-state index in [1.807, 2.05) is 43.5 Å². The molecule has 0 fully saturated rings. The Morgan fingerprint density at radius 2 is 1.65 bits per heavy atom. The molecule has 120 valence electrons. The van der Waals surface area contributed by atoms with E-state index in [-0.39, 0.29) is 6.17 Å². The highest BCUT2D eigenvalue weighted by molar-refractivity contribution is 5.29. The van der Waals surface area contributed by atoms with Crippen molar-refractivity contribution in [3.05, 3.63) is 83.2 Å². The molecule has 0 amide bonds. The van der Waals surface area contributed by atoms with Gasteiger partial charge in [-0.3, -0.25) is 0 Å². The molecule has 0 saturated carbocycles. The van der Waals surface area contributed by atoms with Gasteiger partial charge in [0.1, 0.15) is 6.17 Å². The monoisotopic (exact) mass is 318 g/mol. The molecule has 1 N–H and O–H groups in total. The van der Waals surface area contributed by atoms with Crippen LogP contribution in [-0.4, -0.2) is 4.90 Å². The van der Waals surface area contributed by atoms with Crippen LogP contribution in [0.4, 0.5) is 13.2 Å². The highest BCUT2D eigenvalue weighted by Gasteiger charge is 2.31. The number of nitrogens with zero attached hydrogens (tertiary/aromatic N) is 1. The molecule has 1 unspecified atom stereocenters. The predicted octanol–water partition coefficient (Wildman–Crippen LogP) is 4.67. The number of nitrogens with one attached hydrogen (secondary N) is 1. The second-order valence-corrected chi connectivity index (χ2v) is 5.59. The van der Waals surface area contributed by atoms with Gasteiger partial charge < -0.3 is 10.2 Å². The molecule has 23 heavy (non-hydrogen) atoms. The normalized spacial score (nSPS) is 17.8. The van der Waals surface area contributed by atoms with E-state index in [2.05, 4.69) is 10.2 Å². The minimum atomic E-state index is -4.31. The van der Waals surface area contributed by atoms with Crippen molar-refractivity contribution in [3.63, 3.8) is 0 Å². The van der Waals surface area contributed by atoms with Crippen molar-refractivity contribution >= 4 is 0 Å². The molecule has 1 aliphatic heterocycles. The first-order chi connectivity index (χ1) is 10.9. The Morgan fingerprint density at radius 3 is 2.26 bits per heavy atom. The SMILES string of the molecule is CC1=CNC(c2ccc(C(F)(F)F)cc2)N1Cc1ccccc1. The molecule has 0 spiro atoms. The lowest BCUT2D eigenvalue weighted by Gasteiger charge is -2.29.